The first kappa shape index (κ1) is 11.0. The third kappa shape index (κ3) is 19.0. The van der Waals surface area contributed by atoms with Crippen LogP contribution in [0.1, 0.15) is 1.43 Å². The molecule has 0 saturated carbocycles. The fourth-order valence-electron chi connectivity index (χ4n) is 0. The summed E-state index contributed by atoms with van der Waals surface area (Å²) in [6, 6.07) is 0. The van der Waals surface area contributed by atoms with E-state index in [1.54, 1.807) is 0 Å². The van der Waals surface area contributed by atoms with Crippen LogP contribution in [0.2, 0.25) is 0 Å². The summed E-state index contributed by atoms with van der Waals surface area (Å²) in [6.45, 7) is 0. The van der Waals surface area contributed by atoms with Gasteiger partial charge in [-0.2, -0.15) is 0 Å². The summed E-state index contributed by atoms with van der Waals surface area (Å²) in [7, 11) is 0. The van der Waals surface area contributed by atoms with Crippen molar-refractivity contribution in [2.24, 2.45) is 0 Å². The van der Waals surface area contributed by atoms with Crippen LogP contribution in [-0.4, -0.2) is -0.0619 Å². The van der Waals surface area contributed by atoms with Crippen LogP contribution >= 0.6 is 67.8 Å². The molecule has 0 spiro atoms. The molecule has 0 N–H and O–H groups in total. The summed E-state index contributed by atoms with van der Waals surface area (Å²) in [5, 5.41) is 0. The maximum atomic E-state index is 2.32. The number of hydrogen-bond donors (Lipinski definition) is 0. The van der Waals surface area contributed by atoms with Crippen LogP contribution < -0.4 is 29.6 Å². The molecule has 0 saturated heterocycles. The van der Waals surface area contributed by atoms with Gasteiger partial charge in [0.05, 0.1) is 0 Å². The molecule has 0 aromatic carbocycles. The van der Waals surface area contributed by atoms with Crippen molar-refractivity contribution in [3.8, 4) is 0 Å². The molecule has 0 heterocycles. The third-order valence-electron chi connectivity index (χ3n) is 0. The second kappa shape index (κ2) is 7.19. The average molecular weight is 418 g/mol. The quantitative estimate of drug-likeness (QED) is 0.288. The summed E-state index contributed by atoms with van der Waals surface area (Å²) in [5.41, 5.74) is 0. The zero-order valence-electron chi connectivity index (χ0n) is 3.71. The van der Waals surface area contributed by atoms with Crippen LogP contribution in [0, 0.1) is 0 Å². The number of alkyl halides is 3. The second-order valence-electron chi connectivity index (χ2n) is 0.247. The molecule has 4 heteroatoms. The Morgan fingerprint density at radius 1 is 1.20 bits per heavy atom. The Morgan fingerprint density at radius 2 is 1.20 bits per heavy atom. The van der Waals surface area contributed by atoms with Crippen LogP contribution in [-0.2, 0) is 0 Å². The van der Waals surface area contributed by atoms with Gasteiger partial charge in [-0.15, -0.1) is 0 Å². The van der Waals surface area contributed by atoms with Crippen LogP contribution in [0.4, 0.5) is 0 Å². The molecule has 0 radical (unpaired) electrons. The van der Waals surface area contributed by atoms with E-state index in [1.165, 1.54) is 0 Å². The van der Waals surface area contributed by atoms with Crippen LogP contribution in [0.25, 0.3) is 0 Å². The van der Waals surface area contributed by atoms with Gasteiger partial charge in [-0.05, 0) is 0 Å². The summed E-state index contributed by atoms with van der Waals surface area (Å²) in [6.07, 6.45) is 0. The molecule has 0 rings (SSSR count). The Labute approximate surface area is 96.4 Å². The Morgan fingerprint density at radius 3 is 1.20 bits per heavy atom. The van der Waals surface area contributed by atoms with Crippen LogP contribution in [0.15, 0.2) is 0 Å². The van der Waals surface area contributed by atoms with Crippen LogP contribution in [0.5, 0.6) is 0 Å². The Bertz CT molecular complexity index is 15.5. The van der Waals surface area contributed by atoms with Gasteiger partial charge in [0.15, 0.2) is 0 Å². The number of halogens is 3. The van der Waals surface area contributed by atoms with E-state index in [4.69, 9.17) is 0 Å². The normalized spacial score (nSPS) is 7.20. The van der Waals surface area contributed by atoms with Crippen molar-refractivity contribution in [1.82, 2.24) is 0 Å². The molecular weight excluding hydrogens is 416 g/mol. The van der Waals surface area contributed by atoms with Crippen molar-refractivity contribution in [3.63, 3.8) is 0 Å². The first-order valence-electron chi connectivity index (χ1n) is 0.655. The first-order chi connectivity index (χ1) is 1.73. The van der Waals surface area contributed by atoms with Gasteiger partial charge in [0.1, 0.15) is -0.0619 Å². The predicted octanol–water partition coefficient (Wildman–Crippen LogP) is -0.309. The molecule has 0 unspecified atom stereocenters. The van der Waals surface area contributed by atoms with Crippen LogP contribution in [0.3, 0.4) is 0 Å². The molecule has 0 aliphatic carbocycles. The topological polar surface area (TPSA) is 0 Å². The molecule has 0 atom stereocenters. The molecule has 0 amide bonds. The summed E-state index contributed by atoms with van der Waals surface area (Å²) in [4.78, 5) is 0. The number of rotatable bonds is 0. The van der Waals surface area contributed by atoms with Gasteiger partial charge in [-0.1, -0.05) is 67.8 Å². The zero-order valence-corrected chi connectivity index (χ0v) is 11.2. The van der Waals surface area contributed by atoms with Gasteiger partial charge in [0, 0.05) is 0 Å². The smallest absolute Gasteiger partial charge is 1.00 e. The van der Waals surface area contributed by atoms with Gasteiger partial charge in [-0.3, -0.25) is 0 Å². The summed E-state index contributed by atoms with van der Waals surface area (Å²) >= 11 is 6.95. The van der Waals surface area contributed by atoms with E-state index in [2.05, 4.69) is 67.8 Å². The molecule has 5 heavy (non-hydrogen) atoms. The van der Waals surface area contributed by atoms with E-state index in [0.717, 1.165) is -0.0619 Å². The minimum absolute atomic E-state index is 0. The van der Waals surface area contributed by atoms with Crippen molar-refractivity contribution >= 4 is 67.8 Å². The Balaban J connectivity index is -0.0000000450. The van der Waals surface area contributed by atoms with Crippen molar-refractivity contribution in [2.75, 3.05) is 0 Å². The third-order valence-corrected chi connectivity index (χ3v) is 0. The summed E-state index contributed by atoms with van der Waals surface area (Å²) < 4.78 is 0.743. The predicted molar refractivity (Wildman–Crippen MR) is 47.0 cm³/mol. The van der Waals surface area contributed by atoms with E-state index in [1.807, 2.05) is 0 Å². The molecule has 0 aliphatic rings. The second-order valence-corrected chi connectivity index (χ2v) is 11.1. The molecule has 0 fully saturated rings. The molecule has 0 bridgehead atoms. The first-order valence-corrected chi connectivity index (χ1v) is 4.39. The van der Waals surface area contributed by atoms with E-state index in [0.29, 0.717) is 0 Å². The standard InChI is InChI=1S/CHI3.Na.H/c2-1(3)4;;/h1H;;/q;+1;-1. The Hall–Kier alpha value is 3.19. The SMILES string of the molecule is IC(I)I.[H-].[Na+]. The van der Waals surface area contributed by atoms with Crippen molar-refractivity contribution in [2.45, 2.75) is -0.0619 Å². The van der Waals surface area contributed by atoms with E-state index in [-0.39, 0.29) is 31.0 Å². The largest absolute Gasteiger partial charge is 1.00 e. The van der Waals surface area contributed by atoms with Gasteiger partial charge >= 0.3 is 29.6 Å². The molecular formula is CH2I3Na. The minimum atomic E-state index is 0. The number of hydrogen-bond acceptors (Lipinski definition) is 0. The molecule has 0 nitrogen and oxygen atoms in total. The maximum Gasteiger partial charge on any atom is 1.00 e. The van der Waals surface area contributed by atoms with Crippen molar-refractivity contribution in [1.29, 1.82) is 0 Å². The summed E-state index contributed by atoms with van der Waals surface area (Å²) in [5.74, 6) is 0. The van der Waals surface area contributed by atoms with Gasteiger partial charge in [-0.25, -0.2) is 0 Å². The average Bonchev–Trinajstić information content (AvgIpc) is 0.811. The van der Waals surface area contributed by atoms with Gasteiger partial charge < -0.3 is 1.43 Å². The molecule has 0 aromatic rings. The maximum absolute atomic E-state index is 2.32. The van der Waals surface area contributed by atoms with Crippen molar-refractivity contribution in [3.05, 3.63) is 0 Å². The van der Waals surface area contributed by atoms with E-state index >= 15 is 0 Å². The fraction of sp³-hybridized carbons (Fsp3) is 1.00. The monoisotopic (exact) mass is 418 g/mol. The fourth-order valence-corrected chi connectivity index (χ4v) is 0. The zero-order chi connectivity index (χ0) is 3.58. The van der Waals surface area contributed by atoms with E-state index < -0.39 is 0 Å². The Kier molecular flexibility index (Phi) is 15.9. The molecule has 0 aliphatic heterocycles. The van der Waals surface area contributed by atoms with Gasteiger partial charge in [0.25, 0.3) is 0 Å². The van der Waals surface area contributed by atoms with E-state index in [9.17, 15) is 0 Å². The van der Waals surface area contributed by atoms with Crippen molar-refractivity contribution < 1.29 is 31.0 Å². The molecule has 28 valence electrons. The molecule has 0 aromatic heterocycles. The van der Waals surface area contributed by atoms with Gasteiger partial charge in [0.2, 0.25) is 0 Å². The minimum Gasteiger partial charge on any atom is -1.00 e.